The molecule has 0 rings (SSSR count). The number of allylic oxidation sites excluding steroid dienone is 8. The Morgan fingerprint density at radius 2 is 1.65 bits per heavy atom. The number of aliphatic hydroxyl groups excluding tert-OH is 1. The fourth-order valence-corrected chi connectivity index (χ4v) is 1.77. The van der Waals surface area contributed by atoms with Crippen molar-refractivity contribution >= 4 is 5.97 Å². The van der Waals surface area contributed by atoms with E-state index < -0.39 is 12.1 Å². The van der Waals surface area contributed by atoms with Crippen LogP contribution in [0.3, 0.4) is 0 Å². The zero-order valence-electron chi connectivity index (χ0n) is 14.1. The molecule has 0 spiro atoms. The molecule has 0 saturated heterocycles. The molecule has 1 unspecified atom stereocenters. The van der Waals surface area contributed by atoms with Gasteiger partial charge in [0.05, 0.1) is 6.10 Å². The second kappa shape index (κ2) is 16.5. The summed E-state index contributed by atoms with van der Waals surface area (Å²) in [7, 11) is 0. The first-order chi connectivity index (χ1) is 11.2. The van der Waals surface area contributed by atoms with E-state index in [1.165, 1.54) is 0 Å². The van der Waals surface area contributed by atoms with Gasteiger partial charge in [0.2, 0.25) is 0 Å². The monoisotopic (exact) mass is 318 g/mol. The van der Waals surface area contributed by atoms with Gasteiger partial charge in [0.25, 0.3) is 0 Å². The fourth-order valence-electron chi connectivity index (χ4n) is 1.77. The van der Waals surface area contributed by atoms with Crippen molar-refractivity contribution in [3.63, 3.8) is 0 Å². The Bertz CT molecular complexity index is 428. The molecular weight excluding hydrogens is 288 g/mol. The second-order valence-electron chi connectivity index (χ2n) is 5.20. The molecule has 0 saturated carbocycles. The third-order valence-electron chi connectivity index (χ3n) is 3.00. The summed E-state index contributed by atoms with van der Waals surface area (Å²) in [4.78, 5) is 10.3. The molecule has 0 fully saturated rings. The Morgan fingerprint density at radius 1 is 0.957 bits per heavy atom. The van der Waals surface area contributed by atoms with E-state index in [2.05, 4.69) is 25.2 Å². The summed E-state index contributed by atoms with van der Waals surface area (Å²) in [6.45, 7) is 2.11. The van der Waals surface area contributed by atoms with Crippen LogP contribution >= 0.6 is 0 Å². The average molecular weight is 318 g/mol. The molecule has 0 heterocycles. The minimum atomic E-state index is -0.741. The predicted octanol–water partition coefficient (Wildman–Crippen LogP) is 4.96. The van der Waals surface area contributed by atoms with Gasteiger partial charge in [0.1, 0.15) is 0 Å². The van der Waals surface area contributed by atoms with Crippen LogP contribution in [0.5, 0.6) is 0 Å². The minimum absolute atomic E-state index is 0.226. The van der Waals surface area contributed by atoms with Crippen LogP contribution in [0.4, 0.5) is 0 Å². The van der Waals surface area contributed by atoms with Crippen molar-refractivity contribution in [2.45, 2.75) is 58.0 Å². The Morgan fingerprint density at radius 3 is 2.39 bits per heavy atom. The van der Waals surface area contributed by atoms with Crippen LogP contribution in [0.15, 0.2) is 60.8 Å². The molecule has 0 amide bonds. The zero-order valence-corrected chi connectivity index (χ0v) is 14.1. The summed E-state index contributed by atoms with van der Waals surface area (Å²) in [6.07, 6.45) is 24.6. The number of aliphatic carboxylic acids is 1. The summed E-state index contributed by atoms with van der Waals surface area (Å²) in [5.41, 5.74) is 0. The molecule has 2 N–H and O–H groups in total. The number of hydrogen-bond donors (Lipinski definition) is 2. The molecule has 0 aromatic rings. The normalized spacial score (nSPS) is 14.2. The molecule has 0 aliphatic rings. The Balaban J connectivity index is 3.68. The number of carboxylic acid groups (broad SMARTS) is 1. The van der Waals surface area contributed by atoms with Crippen LogP contribution in [0, 0.1) is 0 Å². The third-order valence-corrected chi connectivity index (χ3v) is 3.00. The van der Waals surface area contributed by atoms with Crippen molar-refractivity contribution < 1.29 is 15.0 Å². The highest BCUT2D eigenvalue weighted by atomic mass is 16.4. The second-order valence-corrected chi connectivity index (χ2v) is 5.20. The lowest BCUT2D eigenvalue weighted by atomic mass is 10.2. The molecule has 0 bridgehead atoms. The standard InChI is InChI=1S/C20H30O3/c1-2-3-4-5-10-13-16-19(21)17-14-11-8-6-7-9-12-15-18-20(22)23/h3-4,7-11,13-14,17,19,21H,2,5-6,12,15-16,18H2,1H3,(H,22,23)/b4-3+,9-7+,11-8+,13-10+,17-14+. The molecule has 128 valence electrons. The predicted molar refractivity (Wildman–Crippen MR) is 97.3 cm³/mol. The van der Waals surface area contributed by atoms with Crippen LogP contribution < -0.4 is 0 Å². The van der Waals surface area contributed by atoms with Crippen molar-refractivity contribution in [3.05, 3.63) is 60.8 Å². The summed E-state index contributed by atoms with van der Waals surface area (Å²) in [6, 6.07) is 0. The summed E-state index contributed by atoms with van der Waals surface area (Å²) in [5.74, 6) is -0.741. The van der Waals surface area contributed by atoms with Crippen LogP contribution in [-0.2, 0) is 4.79 Å². The lowest BCUT2D eigenvalue weighted by Gasteiger charge is -1.98. The van der Waals surface area contributed by atoms with E-state index in [0.29, 0.717) is 12.8 Å². The van der Waals surface area contributed by atoms with Gasteiger partial charge in [-0.1, -0.05) is 67.7 Å². The zero-order chi connectivity index (χ0) is 17.2. The molecule has 0 aliphatic carbocycles. The topological polar surface area (TPSA) is 57.5 Å². The van der Waals surface area contributed by atoms with Crippen LogP contribution in [0.25, 0.3) is 0 Å². The van der Waals surface area contributed by atoms with Crippen LogP contribution in [0.2, 0.25) is 0 Å². The van der Waals surface area contributed by atoms with Gasteiger partial charge in [0, 0.05) is 6.42 Å². The van der Waals surface area contributed by atoms with Crippen molar-refractivity contribution in [1.29, 1.82) is 0 Å². The van der Waals surface area contributed by atoms with Gasteiger partial charge >= 0.3 is 5.97 Å². The molecule has 3 nitrogen and oxygen atoms in total. The van der Waals surface area contributed by atoms with Crippen LogP contribution in [-0.4, -0.2) is 22.3 Å². The summed E-state index contributed by atoms with van der Waals surface area (Å²) < 4.78 is 0. The molecule has 0 aliphatic heterocycles. The van der Waals surface area contributed by atoms with Gasteiger partial charge in [0.15, 0.2) is 0 Å². The van der Waals surface area contributed by atoms with Gasteiger partial charge in [-0.05, 0) is 38.5 Å². The summed E-state index contributed by atoms with van der Waals surface area (Å²) in [5, 5.41) is 18.2. The van der Waals surface area contributed by atoms with Crippen molar-refractivity contribution in [2.24, 2.45) is 0 Å². The number of hydrogen-bond acceptors (Lipinski definition) is 2. The average Bonchev–Trinajstić information content (AvgIpc) is 2.52. The molecule has 3 heteroatoms. The Kier molecular flexibility index (Phi) is 15.2. The first-order valence-corrected chi connectivity index (χ1v) is 8.35. The maximum Gasteiger partial charge on any atom is 0.303 e. The highest BCUT2D eigenvalue weighted by Crippen LogP contribution is 2.00. The highest BCUT2D eigenvalue weighted by molar-refractivity contribution is 5.66. The quantitative estimate of drug-likeness (QED) is 0.286. The lowest BCUT2D eigenvalue weighted by Crippen LogP contribution is -1.98. The Labute approximate surface area is 140 Å². The van der Waals surface area contributed by atoms with E-state index in [1.54, 1.807) is 6.08 Å². The molecule has 0 aromatic carbocycles. The van der Waals surface area contributed by atoms with Crippen LogP contribution in [0.1, 0.15) is 51.9 Å². The molecule has 0 aromatic heterocycles. The molecular formula is C20H30O3. The first-order valence-electron chi connectivity index (χ1n) is 8.35. The molecule has 1 atom stereocenters. The van der Waals surface area contributed by atoms with Crippen molar-refractivity contribution in [1.82, 2.24) is 0 Å². The SMILES string of the molecule is CC/C=C/C/C=C/CC(O)/C=C/C=C/C/C=C/CCCC(=O)O. The van der Waals surface area contributed by atoms with E-state index in [1.807, 2.05) is 36.5 Å². The van der Waals surface area contributed by atoms with E-state index in [0.717, 1.165) is 25.7 Å². The number of rotatable bonds is 13. The van der Waals surface area contributed by atoms with E-state index in [-0.39, 0.29) is 6.42 Å². The first kappa shape index (κ1) is 21.1. The number of carbonyl (C=O) groups is 1. The van der Waals surface area contributed by atoms with Gasteiger partial charge in [-0.25, -0.2) is 0 Å². The largest absolute Gasteiger partial charge is 0.481 e. The maximum atomic E-state index is 10.3. The van der Waals surface area contributed by atoms with Gasteiger partial charge < -0.3 is 10.2 Å². The lowest BCUT2D eigenvalue weighted by molar-refractivity contribution is -0.137. The van der Waals surface area contributed by atoms with E-state index in [4.69, 9.17) is 5.11 Å². The third kappa shape index (κ3) is 18.1. The maximum absolute atomic E-state index is 10.3. The highest BCUT2D eigenvalue weighted by Gasteiger charge is 1.93. The number of carboxylic acids is 1. The number of aliphatic hydroxyl groups is 1. The minimum Gasteiger partial charge on any atom is -0.481 e. The van der Waals surface area contributed by atoms with Gasteiger partial charge in [-0.2, -0.15) is 0 Å². The van der Waals surface area contributed by atoms with Crippen molar-refractivity contribution in [2.75, 3.05) is 0 Å². The van der Waals surface area contributed by atoms with Crippen molar-refractivity contribution in [3.8, 4) is 0 Å². The van der Waals surface area contributed by atoms with Gasteiger partial charge in [-0.15, -0.1) is 0 Å². The van der Waals surface area contributed by atoms with Gasteiger partial charge in [-0.3, -0.25) is 4.79 Å². The summed E-state index contributed by atoms with van der Waals surface area (Å²) >= 11 is 0. The number of unbranched alkanes of at least 4 members (excludes halogenated alkanes) is 1. The Hall–Kier alpha value is -1.87. The molecule has 23 heavy (non-hydrogen) atoms. The van der Waals surface area contributed by atoms with E-state index >= 15 is 0 Å². The van der Waals surface area contributed by atoms with E-state index in [9.17, 15) is 9.90 Å². The molecule has 0 radical (unpaired) electrons. The fraction of sp³-hybridized carbons (Fsp3) is 0.450. The smallest absolute Gasteiger partial charge is 0.303 e.